The molecule has 162 valence electrons. The Morgan fingerprint density at radius 1 is 1.16 bits per heavy atom. The summed E-state index contributed by atoms with van der Waals surface area (Å²) >= 11 is 0. The van der Waals surface area contributed by atoms with Crippen LogP contribution < -0.4 is 10.1 Å². The molecule has 1 saturated carbocycles. The molecule has 0 bridgehead atoms. The highest BCUT2D eigenvalue weighted by Crippen LogP contribution is 2.39. The van der Waals surface area contributed by atoms with Gasteiger partial charge < -0.3 is 25.0 Å². The first-order chi connectivity index (χ1) is 14.8. The van der Waals surface area contributed by atoms with Gasteiger partial charge in [-0.25, -0.2) is 4.39 Å². The Morgan fingerprint density at radius 2 is 1.90 bits per heavy atom. The van der Waals surface area contributed by atoms with Crippen molar-refractivity contribution in [3.8, 4) is 5.75 Å². The lowest BCUT2D eigenvalue weighted by Crippen LogP contribution is -2.57. The number of anilines is 1. The van der Waals surface area contributed by atoms with E-state index in [9.17, 15) is 19.1 Å². The van der Waals surface area contributed by atoms with Gasteiger partial charge in [-0.05, 0) is 44.0 Å². The van der Waals surface area contributed by atoms with Crippen LogP contribution in [0.4, 0.5) is 10.1 Å². The van der Waals surface area contributed by atoms with Crippen LogP contribution in [0.15, 0.2) is 42.5 Å². The molecule has 2 atom stereocenters. The zero-order valence-electron chi connectivity index (χ0n) is 17.2. The van der Waals surface area contributed by atoms with Crippen molar-refractivity contribution < 1.29 is 23.8 Å². The van der Waals surface area contributed by atoms with Crippen molar-refractivity contribution in [2.75, 3.05) is 25.0 Å². The molecule has 1 unspecified atom stereocenters. The maximum absolute atomic E-state index is 13.4. The molecular formula is C23H24FN3O4. The fourth-order valence-corrected chi connectivity index (χ4v) is 4.20. The minimum absolute atomic E-state index is 0.0954. The lowest BCUT2D eigenvalue weighted by Gasteiger charge is -2.40. The summed E-state index contributed by atoms with van der Waals surface area (Å²) in [5, 5.41) is 13.3. The van der Waals surface area contributed by atoms with E-state index in [2.05, 4.69) is 5.32 Å². The fraction of sp³-hybridized carbons (Fsp3) is 0.391. The van der Waals surface area contributed by atoms with Gasteiger partial charge >= 0.3 is 0 Å². The van der Waals surface area contributed by atoms with Crippen LogP contribution in [0.3, 0.4) is 0 Å². The van der Waals surface area contributed by atoms with Crippen LogP contribution in [0.5, 0.6) is 5.75 Å². The maximum Gasteiger partial charge on any atom is 0.254 e. The molecule has 2 aromatic carbocycles. The molecule has 1 saturated heterocycles. The van der Waals surface area contributed by atoms with Crippen molar-refractivity contribution in [2.24, 2.45) is 0 Å². The molecule has 5 rings (SSSR count). The number of hydrogen-bond acceptors (Lipinski definition) is 5. The molecular weight excluding hydrogens is 401 g/mol. The van der Waals surface area contributed by atoms with Crippen molar-refractivity contribution in [2.45, 2.75) is 37.6 Å². The van der Waals surface area contributed by atoms with Gasteiger partial charge in [-0.3, -0.25) is 9.59 Å². The summed E-state index contributed by atoms with van der Waals surface area (Å²) in [6.45, 7) is 3.18. The molecule has 3 aliphatic rings. The monoisotopic (exact) mass is 425 g/mol. The molecule has 1 aliphatic carbocycles. The molecule has 8 heteroatoms. The van der Waals surface area contributed by atoms with Crippen LogP contribution in [0, 0.1) is 5.82 Å². The van der Waals surface area contributed by atoms with Gasteiger partial charge in [0.1, 0.15) is 17.2 Å². The van der Waals surface area contributed by atoms with Crippen LogP contribution in [0.2, 0.25) is 0 Å². The quantitative estimate of drug-likeness (QED) is 0.790. The number of ether oxygens (including phenoxy) is 1. The molecule has 7 nitrogen and oxygen atoms in total. The molecule has 0 spiro atoms. The van der Waals surface area contributed by atoms with E-state index in [1.165, 1.54) is 12.1 Å². The summed E-state index contributed by atoms with van der Waals surface area (Å²) in [6, 6.07) is 11.4. The minimum Gasteiger partial charge on any atom is -0.464 e. The zero-order chi connectivity index (χ0) is 21.8. The number of hydrogen-bond donors (Lipinski definition) is 2. The summed E-state index contributed by atoms with van der Waals surface area (Å²) in [6.07, 6.45) is 0.596. The van der Waals surface area contributed by atoms with E-state index in [1.807, 2.05) is 19.1 Å². The van der Waals surface area contributed by atoms with Crippen molar-refractivity contribution >= 4 is 17.5 Å². The number of carbonyl (C=O) groups excluding carboxylic acids is 2. The Bertz CT molecular complexity index is 1040. The molecule has 2 N–H and O–H groups in total. The SMILES string of the molecule is C[C@H]1CN(C(=O)C2(O)CC2)CCN1C(=O)c1ccc(C2Nc3ccc(F)cc3O2)cc1. The number of carbonyl (C=O) groups is 2. The van der Waals surface area contributed by atoms with Crippen molar-refractivity contribution in [3.05, 3.63) is 59.4 Å². The first-order valence-corrected chi connectivity index (χ1v) is 10.5. The molecule has 0 aromatic heterocycles. The van der Waals surface area contributed by atoms with Crippen LogP contribution in [0.1, 0.15) is 41.9 Å². The average molecular weight is 425 g/mol. The number of nitrogens with one attached hydrogen (secondary N) is 1. The second-order valence-corrected chi connectivity index (χ2v) is 8.54. The van der Waals surface area contributed by atoms with E-state index in [1.54, 1.807) is 28.0 Å². The highest BCUT2D eigenvalue weighted by molar-refractivity contribution is 5.95. The fourth-order valence-electron chi connectivity index (χ4n) is 4.20. The number of halogens is 1. The van der Waals surface area contributed by atoms with Crippen LogP contribution in [-0.2, 0) is 4.79 Å². The molecule has 2 amide bonds. The first kappa shape index (κ1) is 19.8. The Balaban J connectivity index is 1.23. The van der Waals surface area contributed by atoms with E-state index < -0.39 is 11.8 Å². The van der Waals surface area contributed by atoms with Crippen LogP contribution in [0.25, 0.3) is 0 Å². The highest BCUT2D eigenvalue weighted by Gasteiger charge is 2.51. The second kappa shape index (κ2) is 7.23. The summed E-state index contributed by atoms with van der Waals surface area (Å²) in [7, 11) is 0. The summed E-state index contributed by atoms with van der Waals surface area (Å²) in [5.41, 5.74) is 0.930. The number of fused-ring (bicyclic) bond motifs is 1. The van der Waals surface area contributed by atoms with Crippen molar-refractivity contribution in [1.29, 1.82) is 0 Å². The number of benzene rings is 2. The largest absolute Gasteiger partial charge is 0.464 e. The van der Waals surface area contributed by atoms with Gasteiger partial charge in [0.2, 0.25) is 0 Å². The van der Waals surface area contributed by atoms with Gasteiger partial charge in [-0.15, -0.1) is 0 Å². The zero-order valence-corrected chi connectivity index (χ0v) is 17.2. The van der Waals surface area contributed by atoms with Gasteiger partial charge in [-0.2, -0.15) is 0 Å². The van der Waals surface area contributed by atoms with Gasteiger partial charge in [-0.1, -0.05) is 12.1 Å². The standard InChI is InChI=1S/C23H24FN3O4/c1-14-13-26(22(29)23(30)8-9-23)10-11-27(14)21(28)16-4-2-15(3-5-16)20-25-18-7-6-17(24)12-19(18)31-20/h2-7,12,14,20,25,30H,8-11,13H2,1H3/t14-,20?/m0/s1. The summed E-state index contributed by atoms with van der Waals surface area (Å²) < 4.78 is 19.2. The number of piperazine rings is 1. The molecule has 2 aliphatic heterocycles. The number of rotatable bonds is 3. The Morgan fingerprint density at radius 3 is 2.58 bits per heavy atom. The minimum atomic E-state index is -1.18. The maximum atomic E-state index is 13.4. The third-order valence-corrected chi connectivity index (χ3v) is 6.23. The van der Waals surface area contributed by atoms with E-state index in [0.29, 0.717) is 43.8 Å². The van der Waals surface area contributed by atoms with E-state index in [-0.39, 0.29) is 23.7 Å². The number of aliphatic hydroxyl groups is 1. The normalized spacial score (nSPS) is 23.6. The van der Waals surface area contributed by atoms with E-state index in [4.69, 9.17) is 4.74 Å². The predicted octanol–water partition coefficient (Wildman–Crippen LogP) is 2.53. The van der Waals surface area contributed by atoms with Crippen LogP contribution in [-0.4, -0.2) is 58.0 Å². The van der Waals surface area contributed by atoms with Crippen LogP contribution >= 0.6 is 0 Å². The first-order valence-electron chi connectivity index (χ1n) is 10.5. The molecule has 2 heterocycles. The third kappa shape index (κ3) is 3.61. The summed E-state index contributed by atoms with van der Waals surface area (Å²) in [5.74, 6) is -0.214. The smallest absolute Gasteiger partial charge is 0.254 e. The van der Waals surface area contributed by atoms with E-state index in [0.717, 1.165) is 11.3 Å². The van der Waals surface area contributed by atoms with Gasteiger partial charge in [0.15, 0.2) is 6.23 Å². The average Bonchev–Trinajstić information content (AvgIpc) is 3.38. The Hall–Kier alpha value is -3.13. The molecule has 2 fully saturated rings. The molecule has 0 radical (unpaired) electrons. The molecule has 31 heavy (non-hydrogen) atoms. The number of nitrogens with zero attached hydrogens (tertiary/aromatic N) is 2. The van der Waals surface area contributed by atoms with Crippen molar-refractivity contribution in [3.63, 3.8) is 0 Å². The lowest BCUT2D eigenvalue weighted by molar-refractivity contribution is -0.144. The second-order valence-electron chi connectivity index (χ2n) is 8.54. The third-order valence-electron chi connectivity index (χ3n) is 6.23. The Kier molecular flexibility index (Phi) is 4.62. The van der Waals surface area contributed by atoms with Gasteiger partial charge in [0.05, 0.1) is 5.69 Å². The molecule has 2 aromatic rings. The predicted molar refractivity (Wildman–Crippen MR) is 111 cm³/mol. The van der Waals surface area contributed by atoms with E-state index >= 15 is 0 Å². The Labute approximate surface area is 179 Å². The number of amides is 2. The summed E-state index contributed by atoms with van der Waals surface area (Å²) in [4.78, 5) is 28.8. The topological polar surface area (TPSA) is 82.1 Å². The van der Waals surface area contributed by atoms with Gasteiger partial charge in [0, 0.05) is 42.9 Å². The van der Waals surface area contributed by atoms with Crippen molar-refractivity contribution in [1.82, 2.24) is 9.80 Å². The van der Waals surface area contributed by atoms with Gasteiger partial charge in [0.25, 0.3) is 11.8 Å². The lowest BCUT2D eigenvalue weighted by atomic mass is 10.1. The highest BCUT2D eigenvalue weighted by atomic mass is 19.1.